The van der Waals surface area contributed by atoms with Gasteiger partial charge in [0.05, 0.1) is 17.2 Å². The fourth-order valence-electron chi connectivity index (χ4n) is 3.57. The van der Waals surface area contributed by atoms with E-state index in [9.17, 15) is 13.2 Å². The van der Waals surface area contributed by atoms with Crippen LogP contribution in [-0.4, -0.2) is 38.1 Å². The molecule has 1 amide bonds. The van der Waals surface area contributed by atoms with E-state index in [2.05, 4.69) is 5.32 Å². The van der Waals surface area contributed by atoms with Gasteiger partial charge in [0.15, 0.2) is 9.84 Å². The van der Waals surface area contributed by atoms with Gasteiger partial charge in [-0.2, -0.15) is 0 Å². The average Bonchev–Trinajstić information content (AvgIpc) is 2.80. The van der Waals surface area contributed by atoms with Crippen molar-refractivity contribution in [1.82, 2.24) is 4.90 Å². The van der Waals surface area contributed by atoms with Crippen molar-refractivity contribution in [2.75, 3.05) is 18.2 Å². The van der Waals surface area contributed by atoms with Crippen LogP contribution in [0.2, 0.25) is 0 Å². The molecule has 0 saturated heterocycles. The SMILES string of the molecule is CCOc1ccc(NC(C)C(=O)N(Cc2ccccc2)Cc2ccccc2)c(S(C)(=O)=O)c1. The zero-order valence-corrected chi connectivity index (χ0v) is 20.0. The Morgan fingerprint density at radius 3 is 1.97 bits per heavy atom. The molecule has 0 spiro atoms. The van der Waals surface area contributed by atoms with Crippen LogP contribution in [-0.2, 0) is 27.7 Å². The van der Waals surface area contributed by atoms with Crippen molar-refractivity contribution < 1.29 is 17.9 Å². The summed E-state index contributed by atoms with van der Waals surface area (Å²) in [4.78, 5) is 15.4. The topological polar surface area (TPSA) is 75.7 Å². The summed E-state index contributed by atoms with van der Waals surface area (Å²) < 4.78 is 30.2. The molecule has 0 fully saturated rings. The van der Waals surface area contributed by atoms with E-state index in [4.69, 9.17) is 4.74 Å². The van der Waals surface area contributed by atoms with Crippen molar-refractivity contribution in [2.24, 2.45) is 0 Å². The number of benzene rings is 3. The second kappa shape index (κ2) is 11.0. The van der Waals surface area contributed by atoms with Gasteiger partial charge in [-0.3, -0.25) is 4.79 Å². The second-order valence-corrected chi connectivity index (χ2v) is 9.88. The van der Waals surface area contributed by atoms with Crippen molar-refractivity contribution in [1.29, 1.82) is 0 Å². The molecule has 0 radical (unpaired) electrons. The number of anilines is 1. The predicted molar refractivity (Wildman–Crippen MR) is 131 cm³/mol. The third kappa shape index (κ3) is 6.83. The summed E-state index contributed by atoms with van der Waals surface area (Å²) in [5.41, 5.74) is 2.42. The van der Waals surface area contributed by atoms with Crippen LogP contribution in [0, 0.1) is 0 Å². The van der Waals surface area contributed by atoms with Gasteiger partial charge in [-0.25, -0.2) is 8.42 Å². The van der Waals surface area contributed by atoms with Crippen LogP contribution in [0.3, 0.4) is 0 Å². The van der Waals surface area contributed by atoms with Gasteiger partial charge < -0.3 is 15.0 Å². The number of carbonyl (C=O) groups excluding carboxylic acids is 1. The number of ether oxygens (including phenoxy) is 1. The third-order valence-electron chi connectivity index (χ3n) is 5.15. The minimum atomic E-state index is -3.53. The smallest absolute Gasteiger partial charge is 0.245 e. The normalized spacial score (nSPS) is 12.1. The molecule has 0 aromatic heterocycles. The predicted octanol–water partition coefficient (Wildman–Crippen LogP) is 4.52. The lowest BCUT2D eigenvalue weighted by Crippen LogP contribution is -2.40. The Kier molecular flexibility index (Phi) is 8.11. The Balaban J connectivity index is 1.85. The molecular formula is C26H30N2O4S. The van der Waals surface area contributed by atoms with Gasteiger partial charge in [0.2, 0.25) is 5.91 Å². The molecular weight excluding hydrogens is 436 g/mol. The first-order valence-electron chi connectivity index (χ1n) is 10.9. The lowest BCUT2D eigenvalue weighted by atomic mass is 10.1. The molecule has 3 rings (SSSR count). The summed E-state index contributed by atoms with van der Waals surface area (Å²) in [5, 5.41) is 3.11. The Bertz CT molecular complexity index is 1120. The van der Waals surface area contributed by atoms with Crippen LogP contribution in [0.25, 0.3) is 0 Å². The van der Waals surface area contributed by atoms with Gasteiger partial charge in [-0.15, -0.1) is 0 Å². The highest BCUT2D eigenvalue weighted by molar-refractivity contribution is 7.90. The zero-order chi connectivity index (χ0) is 23.8. The Hall–Kier alpha value is -3.32. The van der Waals surface area contributed by atoms with Crippen molar-refractivity contribution in [3.8, 4) is 5.75 Å². The maximum atomic E-state index is 13.5. The summed E-state index contributed by atoms with van der Waals surface area (Å²) in [6.45, 7) is 4.90. The van der Waals surface area contributed by atoms with Gasteiger partial charge in [0.25, 0.3) is 0 Å². The average molecular weight is 467 g/mol. The third-order valence-corrected chi connectivity index (χ3v) is 6.29. The monoisotopic (exact) mass is 466 g/mol. The summed E-state index contributed by atoms with van der Waals surface area (Å²) in [6, 6.07) is 23.8. The number of hydrogen-bond acceptors (Lipinski definition) is 5. The highest BCUT2D eigenvalue weighted by atomic mass is 32.2. The van der Waals surface area contributed by atoms with Crippen LogP contribution in [0.4, 0.5) is 5.69 Å². The van der Waals surface area contributed by atoms with Crippen LogP contribution >= 0.6 is 0 Å². The molecule has 0 heterocycles. The molecule has 0 aliphatic heterocycles. The zero-order valence-electron chi connectivity index (χ0n) is 19.2. The lowest BCUT2D eigenvalue weighted by Gasteiger charge is -2.27. The van der Waals surface area contributed by atoms with Gasteiger partial charge in [0, 0.05) is 25.4 Å². The maximum absolute atomic E-state index is 13.5. The van der Waals surface area contributed by atoms with E-state index in [1.54, 1.807) is 24.0 Å². The quantitative estimate of drug-likeness (QED) is 0.476. The van der Waals surface area contributed by atoms with E-state index in [0.29, 0.717) is 31.1 Å². The highest BCUT2D eigenvalue weighted by Gasteiger charge is 2.24. The minimum Gasteiger partial charge on any atom is -0.494 e. The number of amides is 1. The first kappa shape index (κ1) is 24.3. The number of nitrogens with one attached hydrogen (secondary N) is 1. The standard InChI is InChI=1S/C26H30N2O4S/c1-4-32-23-15-16-24(25(17-23)33(3,30)31)27-20(2)26(29)28(18-21-11-7-5-8-12-21)19-22-13-9-6-10-14-22/h5-17,20,27H,4,18-19H2,1-3H3. The summed E-state index contributed by atoms with van der Waals surface area (Å²) >= 11 is 0. The van der Waals surface area contributed by atoms with Crippen LogP contribution in [0.5, 0.6) is 5.75 Å². The molecule has 0 aliphatic carbocycles. The number of rotatable bonds is 10. The number of sulfone groups is 1. The van der Waals surface area contributed by atoms with Gasteiger partial charge in [-0.1, -0.05) is 60.7 Å². The molecule has 3 aromatic rings. The van der Waals surface area contributed by atoms with Crippen LogP contribution < -0.4 is 10.1 Å². The number of hydrogen-bond donors (Lipinski definition) is 1. The van der Waals surface area contributed by atoms with Gasteiger partial charge in [0.1, 0.15) is 11.8 Å². The minimum absolute atomic E-state index is 0.103. The molecule has 0 saturated carbocycles. The van der Waals surface area contributed by atoms with E-state index in [1.807, 2.05) is 67.6 Å². The molecule has 0 aliphatic rings. The van der Waals surface area contributed by atoms with E-state index < -0.39 is 15.9 Å². The lowest BCUT2D eigenvalue weighted by molar-refractivity contribution is -0.132. The first-order chi connectivity index (χ1) is 15.8. The van der Waals surface area contributed by atoms with Crippen LogP contribution in [0.15, 0.2) is 83.8 Å². The van der Waals surface area contributed by atoms with E-state index in [-0.39, 0.29) is 10.8 Å². The summed E-state index contributed by atoms with van der Waals surface area (Å²) in [7, 11) is -3.53. The fourth-order valence-corrected chi connectivity index (χ4v) is 4.43. The molecule has 1 unspecified atom stereocenters. The summed E-state index contributed by atoms with van der Waals surface area (Å²) in [6.07, 6.45) is 1.15. The van der Waals surface area contributed by atoms with Crippen molar-refractivity contribution >= 4 is 21.4 Å². The molecule has 0 bridgehead atoms. The van der Waals surface area contributed by atoms with Crippen LogP contribution in [0.1, 0.15) is 25.0 Å². The number of carbonyl (C=O) groups is 1. The van der Waals surface area contributed by atoms with Crippen molar-refractivity contribution in [2.45, 2.75) is 37.9 Å². The molecule has 33 heavy (non-hydrogen) atoms. The molecule has 1 N–H and O–H groups in total. The molecule has 1 atom stereocenters. The Morgan fingerprint density at radius 2 is 1.48 bits per heavy atom. The second-order valence-electron chi connectivity index (χ2n) is 7.89. The maximum Gasteiger partial charge on any atom is 0.245 e. The largest absolute Gasteiger partial charge is 0.494 e. The molecule has 6 nitrogen and oxygen atoms in total. The first-order valence-corrected chi connectivity index (χ1v) is 12.8. The van der Waals surface area contributed by atoms with E-state index >= 15 is 0 Å². The van der Waals surface area contributed by atoms with Gasteiger partial charge >= 0.3 is 0 Å². The fraction of sp³-hybridized carbons (Fsp3) is 0.269. The summed E-state index contributed by atoms with van der Waals surface area (Å²) in [5.74, 6) is 0.341. The number of nitrogens with zero attached hydrogens (tertiary/aromatic N) is 1. The van der Waals surface area contributed by atoms with E-state index in [0.717, 1.165) is 17.4 Å². The van der Waals surface area contributed by atoms with Gasteiger partial charge in [-0.05, 0) is 37.1 Å². The Morgan fingerprint density at radius 1 is 0.939 bits per heavy atom. The van der Waals surface area contributed by atoms with E-state index in [1.165, 1.54) is 6.07 Å². The van der Waals surface area contributed by atoms with Crippen molar-refractivity contribution in [3.05, 3.63) is 90.0 Å². The highest BCUT2D eigenvalue weighted by Crippen LogP contribution is 2.27. The Labute approximate surface area is 196 Å². The molecule has 3 aromatic carbocycles. The molecule has 7 heteroatoms. The van der Waals surface area contributed by atoms with Crippen molar-refractivity contribution in [3.63, 3.8) is 0 Å². The molecule has 174 valence electrons.